The zero-order chi connectivity index (χ0) is 24.5. The second-order valence-electron chi connectivity index (χ2n) is 8.43. The van der Waals surface area contributed by atoms with E-state index in [4.69, 9.17) is 4.74 Å². The molecule has 1 aromatic heterocycles. The largest absolute Gasteiger partial charge is 0.508 e. The number of hydrogen-bond donors (Lipinski definition) is 3. The lowest BCUT2D eigenvalue weighted by Crippen LogP contribution is -2.31. The van der Waals surface area contributed by atoms with Crippen LogP contribution in [0.2, 0.25) is 0 Å². The van der Waals surface area contributed by atoms with Gasteiger partial charge in [0.05, 0.1) is 18.7 Å². The third-order valence-electron chi connectivity index (χ3n) is 6.39. The Morgan fingerprint density at radius 2 is 1.80 bits per heavy atom. The summed E-state index contributed by atoms with van der Waals surface area (Å²) >= 11 is 0. The highest BCUT2D eigenvalue weighted by atomic mass is 16.5. The Labute approximate surface area is 201 Å². The maximum atomic E-state index is 13.2. The fourth-order valence-electron chi connectivity index (χ4n) is 4.64. The second kappa shape index (κ2) is 9.02. The average molecular weight is 469 g/mol. The first-order valence-electron chi connectivity index (χ1n) is 11.2. The zero-order valence-corrected chi connectivity index (χ0v) is 19.1. The van der Waals surface area contributed by atoms with Crippen molar-refractivity contribution >= 4 is 28.4 Å². The predicted molar refractivity (Wildman–Crippen MR) is 132 cm³/mol. The molecule has 1 fully saturated rings. The number of benzene rings is 3. The van der Waals surface area contributed by atoms with Crippen LogP contribution < -0.4 is 4.74 Å². The molecule has 7 heteroatoms. The Bertz CT molecular complexity index is 1450. The third-order valence-corrected chi connectivity index (χ3v) is 6.39. The molecule has 1 aliphatic rings. The fraction of sp³-hybridized carbons (Fsp3) is 0.143. The van der Waals surface area contributed by atoms with E-state index in [0.717, 1.165) is 16.5 Å². The summed E-state index contributed by atoms with van der Waals surface area (Å²) in [4.78, 5) is 31.1. The average Bonchev–Trinajstić information content (AvgIpc) is 3.40. The molecule has 1 atom stereocenters. The van der Waals surface area contributed by atoms with E-state index in [9.17, 15) is 19.8 Å². The minimum absolute atomic E-state index is 0.00849. The third kappa shape index (κ3) is 4.01. The summed E-state index contributed by atoms with van der Waals surface area (Å²) in [5, 5.41) is 22.3. The maximum Gasteiger partial charge on any atom is 0.295 e. The highest BCUT2D eigenvalue weighted by Crippen LogP contribution is 2.40. The molecule has 0 radical (unpaired) electrons. The van der Waals surface area contributed by atoms with Crippen LogP contribution in [-0.2, 0) is 16.0 Å². The first-order chi connectivity index (χ1) is 17.0. The summed E-state index contributed by atoms with van der Waals surface area (Å²) in [6, 6.07) is 20.1. The summed E-state index contributed by atoms with van der Waals surface area (Å²) < 4.78 is 5.17. The number of Topliss-reactive ketones (excluding diaryl/α,β-unsaturated/α-hetero) is 1. The number of nitrogens with one attached hydrogen (secondary N) is 1. The fourth-order valence-corrected chi connectivity index (χ4v) is 4.64. The van der Waals surface area contributed by atoms with Crippen molar-refractivity contribution in [2.24, 2.45) is 0 Å². The first kappa shape index (κ1) is 22.3. The molecule has 7 nitrogen and oxygen atoms in total. The van der Waals surface area contributed by atoms with Gasteiger partial charge >= 0.3 is 0 Å². The van der Waals surface area contributed by atoms with Crippen molar-refractivity contribution < 1.29 is 24.5 Å². The Kier molecular flexibility index (Phi) is 5.74. The molecule has 2 heterocycles. The van der Waals surface area contributed by atoms with E-state index in [2.05, 4.69) is 4.98 Å². The number of nitrogens with zero attached hydrogens (tertiary/aromatic N) is 1. The molecule has 0 bridgehead atoms. The molecule has 4 aromatic rings. The van der Waals surface area contributed by atoms with E-state index < -0.39 is 17.7 Å². The van der Waals surface area contributed by atoms with Crippen LogP contribution in [0.3, 0.4) is 0 Å². The van der Waals surface area contributed by atoms with Crippen molar-refractivity contribution in [2.45, 2.75) is 12.5 Å². The van der Waals surface area contributed by atoms with Crippen LogP contribution >= 0.6 is 0 Å². The molecule has 1 aliphatic heterocycles. The van der Waals surface area contributed by atoms with Crippen molar-refractivity contribution in [3.05, 3.63) is 101 Å². The molecule has 1 saturated heterocycles. The van der Waals surface area contributed by atoms with Crippen LogP contribution in [0.25, 0.3) is 16.7 Å². The van der Waals surface area contributed by atoms with E-state index in [0.29, 0.717) is 23.3 Å². The number of carbonyl (C=O) groups is 2. The summed E-state index contributed by atoms with van der Waals surface area (Å²) in [6.45, 7) is 0.256. The van der Waals surface area contributed by atoms with E-state index in [1.807, 2.05) is 30.5 Å². The number of fused-ring (bicyclic) bond motifs is 1. The molecule has 3 N–H and O–H groups in total. The Morgan fingerprint density at radius 3 is 2.54 bits per heavy atom. The number of methoxy groups -OCH3 is 1. The summed E-state index contributed by atoms with van der Waals surface area (Å²) in [7, 11) is 1.54. The molecule has 35 heavy (non-hydrogen) atoms. The normalized spacial score (nSPS) is 17.3. The van der Waals surface area contributed by atoms with Crippen LogP contribution in [0.15, 0.2) is 84.6 Å². The van der Waals surface area contributed by atoms with Gasteiger partial charge in [0, 0.05) is 29.2 Å². The zero-order valence-electron chi connectivity index (χ0n) is 19.1. The number of aromatic amines is 1. The van der Waals surface area contributed by atoms with Crippen molar-refractivity contribution in [1.82, 2.24) is 9.88 Å². The topological polar surface area (TPSA) is 103 Å². The second-order valence-corrected chi connectivity index (χ2v) is 8.43. The molecule has 1 amide bonds. The number of carbonyl (C=O) groups excluding carboxylic acids is 2. The molecule has 0 spiro atoms. The lowest BCUT2D eigenvalue weighted by molar-refractivity contribution is -0.139. The van der Waals surface area contributed by atoms with Crippen LogP contribution in [0, 0.1) is 0 Å². The number of aliphatic hydroxyl groups excluding tert-OH is 1. The number of aromatic hydroxyl groups is 1. The highest BCUT2D eigenvalue weighted by molar-refractivity contribution is 6.46. The van der Waals surface area contributed by atoms with Gasteiger partial charge in [0.25, 0.3) is 11.7 Å². The molecule has 1 unspecified atom stereocenters. The number of ketones is 1. The lowest BCUT2D eigenvalue weighted by atomic mass is 9.95. The Morgan fingerprint density at radius 1 is 1.03 bits per heavy atom. The first-order valence-corrected chi connectivity index (χ1v) is 11.2. The van der Waals surface area contributed by atoms with Gasteiger partial charge in [-0.1, -0.05) is 30.3 Å². The number of para-hydroxylation sites is 1. The quantitative estimate of drug-likeness (QED) is 0.219. The Hall–Kier alpha value is -4.52. The monoisotopic (exact) mass is 468 g/mol. The Balaban J connectivity index is 1.56. The van der Waals surface area contributed by atoms with E-state index in [1.165, 1.54) is 24.1 Å². The summed E-state index contributed by atoms with van der Waals surface area (Å²) in [6.07, 6.45) is 2.41. The maximum absolute atomic E-state index is 13.2. The van der Waals surface area contributed by atoms with Gasteiger partial charge in [0.1, 0.15) is 17.3 Å². The molecule has 0 saturated carbocycles. The predicted octanol–water partition coefficient (Wildman–Crippen LogP) is 4.55. The SMILES string of the molecule is COc1ccc(/C(O)=C2\C(=O)C(=O)N(CCc3c[nH]c4ccccc34)C2c2cccc(O)c2)cc1. The number of likely N-dealkylation sites (tertiary alicyclic amines) is 1. The van der Waals surface area contributed by atoms with Gasteiger partial charge in [-0.25, -0.2) is 0 Å². The number of H-pyrrole nitrogens is 1. The molecule has 176 valence electrons. The summed E-state index contributed by atoms with van der Waals surface area (Å²) in [5.74, 6) is -1.10. The number of phenols is 1. The number of aliphatic hydroxyl groups is 1. The van der Waals surface area contributed by atoms with Gasteiger partial charge in [0.2, 0.25) is 0 Å². The van der Waals surface area contributed by atoms with E-state index in [-0.39, 0.29) is 23.6 Å². The van der Waals surface area contributed by atoms with Crippen molar-refractivity contribution in [2.75, 3.05) is 13.7 Å². The van der Waals surface area contributed by atoms with Gasteiger partial charge in [-0.15, -0.1) is 0 Å². The van der Waals surface area contributed by atoms with Gasteiger partial charge in [-0.05, 0) is 60.0 Å². The molecule has 3 aromatic carbocycles. The van der Waals surface area contributed by atoms with Crippen molar-refractivity contribution in [3.8, 4) is 11.5 Å². The lowest BCUT2D eigenvalue weighted by Gasteiger charge is -2.25. The molecule has 5 rings (SSSR count). The van der Waals surface area contributed by atoms with Crippen LogP contribution in [-0.4, -0.2) is 45.4 Å². The molecule has 0 aliphatic carbocycles. The number of phenolic OH excluding ortho intramolecular Hbond substituents is 1. The number of rotatable bonds is 6. The molecular formula is C28H24N2O5. The summed E-state index contributed by atoms with van der Waals surface area (Å²) in [5.41, 5.74) is 2.94. The van der Waals surface area contributed by atoms with Crippen LogP contribution in [0.4, 0.5) is 0 Å². The van der Waals surface area contributed by atoms with Crippen LogP contribution in [0.1, 0.15) is 22.7 Å². The van der Waals surface area contributed by atoms with E-state index in [1.54, 1.807) is 36.4 Å². The number of amides is 1. The van der Waals surface area contributed by atoms with Gasteiger partial charge in [-0.2, -0.15) is 0 Å². The minimum atomic E-state index is -0.839. The van der Waals surface area contributed by atoms with E-state index >= 15 is 0 Å². The number of aromatic nitrogens is 1. The highest BCUT2D eigenvalue weighted by Gasteiger charge is 2.46. The van der Waals surface area contributed by atoms with Crippen molar-refractivity contribution in [1.29, 1.82) is 0 Å². The molecular weight excluding hydrogens is 444 g/mol. The van der Waals surface area contributed by atoms with Crippen LogP contribution in [0.5, 0.6) is 11.5 Å². The van der Waals surface area contributed by atoms with Gasteiger partial charge < -0.3 is 24.8 Å². The van der Waals surface area contributed by atoms with Gasteiger partial charge in [-0.3, -0.25) is 9.59 Å². The number of ether oxygens (including phenoxy) is 1. The number of hydrogen-bond acceptors (Lipinski definition) is 5. The smallest absolute Gasteiger partial charge is 0.295 e. The standard InChI is InChI=1S/C28H24N2O5/c1-35-21-11-9-17(10-12-21)26(32)24-25(18-5-4-6-20(31)15-18)30(28(34)27(24)33)14-13-19-16-29-23-8-3-2-7-22(19)23/h2-12,15-16,25,29,31-32H,13-14H2,1H3/b26-24+. The van der Waals surface area contributed by atoms with Crippen molar-refractivity contribution in [3.63, 3.8) is 0 Å². The minimum Gasteiger partial charge on any atom is -0.508 e. The van der Waals surface area contributed by atoms with Gasteiger partial charge in [0.15, 0.2) is 0 Å².